The second-order valence-corrected chi connectivity index (χ2v) is 6.37. The molecular formula is C18H25ClN2O3. The van der Waals surface area contributed by atoms with Gasteiger partial charge >= 0.3 is 5.97 Å². The van der Waals surface area contributed by atoms with Gasteiger partial charge in [0, 0.05) is 37.6 Å². The van der Waals surface area contributed by atoms with Gasteiger partial charge in [-0.25, -0.2) is 4.79 Å². The van der Waals surface area contributed by atoms with Crippen LogP contribution in [0, 0.1) is 0 Å². The first kappa shape index (κ1) is 18.7. The molecule has 1 aromatic rings. The summed E-state index contributed by atoms with van der Waals surface area (Å²) < 4.78 is 4.98. The molecule has 132 valence electrons. The van der Waals surface area contributed by atoms with Gasteiger partial charge in [0.05, 0.1) is 7.11 Å². The molecule has 1 aliphatic heterocycles. The summed E-state index contributed by atoms with van der Waals surface area (Å²) in [7, 11) is 1.39. The van der Waals surface area contributed by atoms with Crippen LogP contribution in [0.3, 0.4) is 0 Å². The van der Waals surface area contributed by atoms with Gasteiger partial charge < -0.3 is 9.64 Å². The Morgan fingerprint density at radius 3 is 2.46 bits per heavy atom. The topological polar surface area (TPSA) is 49.9 Å². The van der Waals surface area contributed by atoms with Crippen molar-refractivity contribution in [2.45, 2.75) is 32.2 Å². The van der Waals surface area contributed by atoms with Crippen LogP contribution in [0.2, 0.25) is 5.02 Å². The molecule has 1 atom stereocenters. The predicted molar refractivity (Wildman–Crippen MR) is 93.9 cm³/mol. The fraction of sp³-hybridized carbons (Fsp3) is 0.556. The number of halogens is 1. The Morgan fingerprint density at radius 2 is 1.88 bits per heavy atom. The molecule has 0 spiro atoms. The zero-order valence-corrected chi connectivity index (χ0v) is 15.1. The number of methoxy groups -OCH3 is 1. The minimum atomic E-state index is -0.531. The SMILES string of the molecule is CCCCC(=O)N1CCN(C(C(=O)OC)c2ccccc2Cl)CC1. The number of nitrogens with zero attached hydrogens (tertiary/aromatic N) is 2. The summed E-state index contributed by atoms with van der Waals surface area (Å²) >= 11 is 6.28. The number of esters is 1. The number of hydrogen-bond donors (Lipinski definition) is 0. The van der Waals surface area contributed by atoms with Gasteiger partial charge in [0.25, 0.3) is 0 Å². The summed E-state index contributed by atoms with van der Waals surface area (Å²) in [6, 6.07) is 6.79. The first-order valence-corrected chi connectivity index (χ1v) is 8.80. The zero-order valence-electron chi connectivity index (χ0n) is 14.3. The van der Waals surface area contributed by atoms with Crippen LogP contribution in [-0.2, 0) is 14.3 Å². The normalized spacial score (nSPS) is 16.7. The molecule has 1 heterocycles. The van der Waals surface area contributed by atoms with Crippen LogP contribution in [-0.4, -0.2) is 55.0 Å². The van der Waals surface area contributed by atoms with E-state index in [9.17, 15) is 9.59 Å². The average molecular weight is 353 g/mol. The number of ether oxygens (including phenoxy) is 1. The Morgan fingerprint density at radius 1 is 1.21 bits per heavy atom. The highest BCUT2D eigenvalue weighted by atomic mass is 35.5. The van der Waals surface area contributed by atoms with Gasteiger partial charge in [-0.1, -0.05) is 43.1 Å². The number of amides is 1. The first-order valence-electron chi connectivity index (χ1n) is 8.42. The van der Waals surface area contributed by atoms with E-state index in [0.717, 1.165) is 18.4 Å². The number of rotatable bonds is 6. The lowest BCUT2D eigenvalue weighted by Crippen LogP contribution is -2.51. The van der Waals surface area contributed by atoms with Crippen molar-refractivity contribution in [3.05, 3.63) is 34.9 Å². The van der Waals surface area contributed by atoms with Gasteiger partial charge in [-0.3, -0.25) is 9.69 Å². The van der Waals surface area contributed by atoms with Crippen molar-refractivity contribution in [2.75, 3.05) is 33.3 Å². The number of benzene rings is 1. The third kappa shape index (κ3) is 4.48. The zero-order chi connectivity index (χ0) is 17.5. The van der Waals surface area contributed by atoms with Crippen LogP contribution < -0.4 is 0 Å². The van der Waals surface area contributed by atoms with E-state index in [1.54, 1.807) is 6.07 Å². The number of carbonyl (C=O) groups excluding carboxylic acids is 2. The molecule has 1 unspecified atom stereocenters. The number of unbranched alkanes of at least 4 members (excludes halogenated alkanes) is 1. The predicted octanol–water partition coefficient (Wildman–Crippen LogP) is 2.89. The summed E-state index contributed by atoms with van der Waals surface area (Å²) in [5.74, 6) is -0.127. The van der Waals surface area contributed by atoms with Gasteiger partial charge in [-0.2, -0.15) is 0 Å². The average Bonchev–Trinajstić information content (AvgIpc) is 2.61. The van der Waals surface area contributed by atoms with E-state index >= 15 is 0 Å². The van der Waals surface area contributed by atoms with Gasteiger partial charge in [0.2, 0.25) is 5.91 Å². The molecule has 0 saturated carbocycles. The van der Waals surface area contributed by atoms with Crippen molar-refractivity contribution in [3.8, 4) is 0 Å². The maximum absolute atomic E-state index is 12.3. The standard InChI is InChI=1S/C18H25ClN2O3/c1-3-4-9-16(22)20-10-12-21(13-11-20)17(18(23)24-2)14-7-5-6-8-15(14)19/h5-8,17H,3-4,9-13H2,1-2H3. The summed E-state index contributed by atoms with van der Waals surface area (Å²) in [6.07, 6.45) is 2.54. The Labute approximate surface area is 148 Å². The van der Waals surface area contributed by atoms with E-state index in [1.807, 2.05) is 28.0 Å². The van der Waals surface area contributed by atoms with Gasteiger partial charge in [0.1, 0.15) is 6.04 Å². The molecule has 6 heteroatoms. The minimum absolute atomic E-state index is 0.198. The second-order valence-electron chi connectivity index (χ2n) is 5.97. The van der Waals surface area contributed by atoms with E-state index in [4.69, 9.17) is 16.3 Å². The monoisotopic (exact) mass is 352 g/mol. The quantitative estimate of drug-likeness (QED) is 0.739. The van der Waals surface area contributed by atoms with Gasteiger partial charge in [0.15, 0.2) is 0 Å². The highest BCUT2D eigenvalue weighted by Gasteiger charge is 2.33. The fourth-order valence-electron chi connectivity index (χ4n) is 3.00. The molecule has 1 aliphatic rings. The highest BCUT2D eigenvalue weighted by molar-refractivity contribution is 6.31. The van der Waals surface area contributed by atoms with E-state index in [0.29, 0.717) is 37.6 Å². The molecule has 0 N–H and O–H groups in total. The Hall–Kier alpha value is -1.59. The van der Waals surface area contributed by atoms with E-state index in [1.165, 1.54) is 7.11 Å². The summed E-state index contributed by atoms with van der Waals surface area (Å²) in [5.41, 5.74) is 0.747. The minimum Gasteiger partial charge on any atom is -0.468 e. The molecule has 0 radical (unpaired) electrons. The fourth-order valence-corrected chi connectivity index (χ4v) is 3.24. The van der Waals surface area contributed by atoms with E-state index in [-0.39, 0.29) is 11.9 Å². The maximum Gasteiger partial charge on any atom is 0.327 e. The molecule has 2 rings (SSSR count). The van der Waals surface area contributed by atoms with Crippen molar-refractivity contribution in [3.63, 3.8) is 0 Å². The van der Waals surface area contributed by atoms with E-state index in [2.05, 4.69) is 6.92 Å². The lowest BCUT2D eigenvalue weighted by molar-refractivity contribution is -0.148. The van der Waals surface area contributed by atoms with Crippen LogP contribution in [0.5, 0.6) is 0 Å². The Bertz CT molecular complexity index is 571. The number of carbonyl (C=O) groups is 2. The number of hydrogen-bond acceptors (Lipinski definition) is 4. The Balaban J connectivity index is 2.07. The van der Waals surface area contributed by atoms with Crippen molar-refractivity contribution in [1.82, 2.24) is 9.80 Å². The van der Waals surface area contributed by atoms with Gasteiger partial charge in [-0.15, -0.1) is 0 Å². The van der Waals surface area contributed by atoms with Crippen molar-refractivity contribution in [1.29, 1.82) is 0 Å². The molecule has 24 heavy (non-hydrogen) atoms. The molecule has 0 aliphatic carbocycles. The first-order chi connectivity index (χ1) is 11.6. The summed E-state index contributed by atoms with van der Waals surface area (Å²) in [4.78, 5) is 28.4. The largest absolute Gasteiger partial charge is 0.468 e. The van der Waals surface area contributed by atoms with Crippen molar-refractivity contribution in [2.24, 2.45) is 0 Å². The lowest BCUT2D eigenvalue weighted by Gasteiger charge is -2.38. The van der Waals surface area contributed by atoms with Gasteiger partial charge in [-0.05, 0) is 18.1 Å². The molecule has 1 saturated heterocycles. The van der Waals surface area contributed by atoms with Crippen LogP contribution >= 0.6 is 11.6 Å². The molecule has 0 aromatic heterocycles. The third-order valence-electron chi connectivity index (χ3n) is 4.40. The molecular weight excluding hydrogens is 328 g/mol. The maximum atomic E-state index is 12.3. The lowest BCUT2D eigenvalue weighted by atomic mass is 10.0. The summed E-state index contributed by atoms with van der Waals surface area (Å²) in [6.45, 7) is 4.59. The Kier molecular flexibility index (Phi) is 7.06. The molecule has 1 amide bonds. The van der Waals surface area contributed by atoms with Crippen LogP contribution in [0.1, 0.15) is 37.8 Å². The van der Waals surface area contributed by atoms with Crippen LogP contribution in [0.25, 0.3) is 0 Å². The van der Waals surface area contributed by atoms with Crippen molar-refractivity contribution < 1.29 is 14.3 Å². The molecule has 1 aromatic carbocycles. The highest BCUT2D eigenvalue weighted by Crippen LogP contribution is 2.29. The third-order valence-corrected chi connectivity index (χ3v) is 4.74. The molecule has 1 fully saturated rings. The molecule has 0 bridgehead atoms. The number of piperazine rings is 1. The summed E-state index contributed by atoms with van der Waals surface area (Å²) in [5, 5.41) is 0.550. The molecule has 5 nitrogen and oxygen atoms in total. The van der Waals surface area contributed by atoms with E-state index < -0.39 is 6.04 Å². The van der Waals surface area contributed by atoms with Crippen LogP contribution in [0.4, 0.5) is 0 Å². The van der Waals surface area contributed by atoms with Crippen molar-refractivity contribution >= 4 is 23.5 Å². The van der Waals surface area contributed by atoms with Crippen LogP contribution in [0.15, 0.2) is 24.3 Å². The second kappa shape index (κ2) is 9.04. The smallest absolute Gasteiger partial charge is 0.327 e.